The molecule has 1 aliphatic rings. The molecule has 1 aromatic heterocycles. The summed E-state index contributed by atoms with van der Waals surface area (Å²) in [5, 5.41) is 19.4. The number of aliphatic hydroxyl groups excluding tert-OH is 1. The summed E-state index contributed by atoms with van der Waals surface area (Å²) in [6.45, 7) is 0.620. The van der Waals surface area contributed by atoms with Crippen LogP contribution >= 0.6 is 0 Å². The molecule has 130 valence electrons. The second kappa shape index (κ2) is 7.47. The number of nitrogens with zero attached hydrogens (tertiary/aromatic N) is 3. The van der Waals surface area contributed by atoms with Gasteiger partial charge in [0, 0.05) is 12.2 Å². The highest BCUT2D eigenvalue weighted by molar-refractivity contribution is 5.32. The fraction of sp³-hybridized carbons (Fsp3) is 0.389. The number of nitriles is 1. The van der Waals surface area contributed by atoms with Gasteiger partial charge in [-0.05, 0) is 18.4 Å². The predicted octanol–water partition coefficient (Wildman–Crippen LogP) is 0.406. The van der Waals surface area contributed by atoms with Gasteiger partial charge in [-0.25, -0.2) is 4.79 Å². The Morgan fingerprint density at radius 1 is 1.28 bits per heavy atom. The molecule has 3 rings (SSSR count). The highest BCUT2D eigenvalue weighted by Gasteiger charge is 2.23. The van der Waals surface area contributed by atoms with Gasteiger partial charge in [-0.3, -0.25) is 13.9 Å². The van der Waals surface area contributed by atoms with Crippen LogP contribution in [0, 0.1) is 11.3 Å². The summed E-state index contributed by atoms with van der Waals surface area (Å²) >= 11 is 0. The molecule has 0 aliphatic carbocycles. The average molecular weight is 341 g/mol. The third-order valence-electron chi connectivity index (χ3n) is 4.26. The Morgan fingerprint density at radius 2 is 2.04 bits per heavy atom. The van der Waals surface area contributed by atoms with Crippen molar-refractivity contribution in [3.63, 3.8) is 0 Å². The maximum absolute atomic E-state index is 12.4. The largest absolute Gasteiger partial charge is 0.389 e. The number of benzene rings is 1. The summed E-state index contributed by atoms with van der Waals surface area (Å²) < 4.78 is 7.83. The Labute approximate surface area is 144 Å². The molecule has 1 atom stereocenters. The van der Waals surface area contributed by atoms with E-state index in [1.54, 1.807) is 0 Å². The van der Waals surface area contributed by atoms with Crippen LogP contribution in [0.15, 0.2) is 39.9 Å². The Hall–Kier alpha value is -2.69. The van der Waals surface area contributed by atoms with Gasteiger partial charge < -0.3 is 9.84 Å². The van der Waals surface area contributed by atoms with Crippen LogP contribution in [0.3, 0.4) is 0 Å². The number of aromatic nitrogens is 2. The van der Waals surface area contributed by atoms with Crippen molar-refractivity contribution in [2.45, 2.75) is 38.6 Å². The number of hydrogen-bond acceptors (Lipinski definition) is 5. The number of hydrogen-bond donors (Lipinski definition) is 1. The van der Waals surface area contributed by atoms with Crippen molar-refractivity contribution in [3.8, 4) is 6.07 Å². The van der Waals surface area contributed by atoms with Crippen molar-refractivity contribution < 1.29 is 9.84 Å². The maximum atomic E-state index is 12.4. The lowest BCUT2D eigenvalue weighted by molar-refractivity contribution is 0.0191. The van der Waals surface area contributed by atoms with Crippen LogP contribution < -0.4 is 11.2 Å². The quantitative estimate of drug-likeness (QED) is 0.820. The fourth-order valence-electron chi connectivity index (χ4n) is 3.06. The minimum atomic E-state index is -1.01. The van der Waals surface area contributed by atoms with E-state index in [4.69, 9.17) is 4.74 Å². The standard InChI is InChI=1S/C18H19N3O4/c19-9-15-16-7-4-8-20(16)18(24)21(17(15)23)10-14(22)12-25-11-13-5-2-1-3-6-13/h1-3,5-6,14,22H,4,7-8,10-12H2/t14-/m0/s1. The van der Waals surface area contributed by atoms with Crippen molar-refractivity contribution in [2.75, 3.05) is 6.61 Å². The third kappa shape index (κ3) is 3.55. The summed E-state index contributed by atoms with van der Waals surface area (Å²) in [6.07, 6.45) is 0.272. The summed E-state index contributed by atoms with van der Waals surface area (Å²) in [4.78, 5) is 24.8. The van der Waals surface area contributed by atoms with Crippen LogP contribution in [-0.2, 0) is 30.9 Å². The van der Waals surface area contributed by atoms with Gasteiger partial charge >= 0.3 is 5.69 Å². The highest BCUT2D eigenvalue weighted by atomic mass is 16.5. The molecule has 0 spiro atoms. The van der Waals surface area contributed by atoms with E-state index in [1.807, 2.05) is 36.4 Å². The van der Waals surface area contributed by atoms with Crippen LogP contribution in [0.5, 0.6) is 0 Å². The van der Waals surface area contributed by atoms with Crippen molar-refractivity contribution >= 4 is 0 Å². The summed E-state index contributed by atoms with van der Waals surface area (Å²) in [6, 6.07) is 11.4. The van der Waals surface area contributed by atoms with Crippen LogP contribution in [0.25, 0.3) is 0 Å². The summed E-state index contributed by atoms with van der Waals surface area (Å²) in [5.41, 5.74) is 0.357. The SMILES string of the molecule is N#Cc1c2n(c(=O)n(C[C@H](O)COCc3ccccc3)c1=O)CCC2. The minimum Gasteiger partial charge on any atom is -0.389 e. The van der Waals surface area contributed by atoms with Crippen LogP contribution in [0.1, 0.15) is 23.2 Å². The minimum absolute atomic E-state index is 0.00509. The van der Waals surface area contributed by atoms with Crippen molar-refractivity contribution in [1.29, 1.82) is 5.26 Å². The van der Waals surface area contributed by atoms with E-state index in [9.17, 15) is 20.0 Å². The van der Waals surface area contributed by atoms with Gasteiger partial charge in [0.25, 0.3) is 5.56 Å². The summed E-state index contributed by atoms with van der Waals surface area (Å²) in [7, 11) is 0. The lowest BCUT2D eigenvalue weighted by Crippen LogP contribution is -2.44. The number of rotatable bonds is 6. The highest BCUT2D eigenvalue weighted by Crippen LogP contribution is 2.13. The number of fused-ring (bicyclic) bond motifs is 1. The molecular weight excluding hydrogens is 322 g/mol. The van der Waals surface area contributed by atoms with Crippen LogP contribution in [0.4, 0.5) is 0 Å². The van der Waals surface area contributed by atoms with E-state index in [1.165, 1.54) is 4.57 Å². The number of ether oxygens (including phenoxy) is 1. The predicted molar refractivity (Wildman–Crippen MR) is 90.1 cm³/mol. The fourth-order valence-corrected chi connectivity index (χ4v) is 3.06. The molecule has 25 heavy (non-hydrogen) atoms. The summed E-state index contributed by atoms with van der Waals surface area (Å²) in [5.74, 6) is 0. The van der Waals surface area contributed by atoms with Crippen molar-refractivity contribution in [2.24, 2.45) is 0 Å². The van der Waals surface area contributed by atoms with Crippen molar-refractivity contribution in [3.05, 3.63) is 68.0 Å². The zero-order chi connectivity index (χ0) is 17.8. The Bertz CT molecular complexity index is 909. The van der Waals surface area contributed by atoms with Gasteiger partial charge in [0.05, 0.1) is 25.9 Å². The van der Waals surface area contributed by atoms with E-state index in [-0.39, 0.29) is 18.7 Å². The van der Waals surface area contributed by atoms with E-state index in [0.717, 1.165) is 16.6 Å². The monoisotopic (exact) mass is 341 g/mol. The first-order valence-corrected chi connectivity index (χ1v) is 8.18. The molecule has 2 heterocycles. The molecular formula is C18H19N3O4. The number of aliphatic hydroxyl groups is 1. The molecule has 7 nitrogen and oxygen atoms in total. The molecule has 1 aliphatic heterocycles. The third-order valence-corrected chi connectivity index (χ3v) is 4.26. The average Bonchev–Trinajstić information content (AvgIpc) is 3.10. The van der Waals surface area contributed by atoms with E-state index in [2.05, 4.69) is 0 Å². The molecule has 1 N–H and O–H groups in total. The Kier molecular flexibility index (Phi) is 5.12. The smallest absolute Gasteiger partial charge is 0.331 e. The van der Waals surface area contributed by atoms with Gasteiger partial charge in [0.2, 0.25) is 0 Å². The molecule has 2 aromatic rings. The van der Waals surface area contributed by atoms with Gasteiger partial charge in [-0.1, -0.05) is 30.3 Å². The molecule has 0 unspecified atom stereocenters. The topological polar surface area (TPSA) is 97.2 Å². The molecule has 0 radical (unpaired) electrons. The van der Waals surface area contributed by atoms with E-state index >= 15 is 0 Å². The molecule has 0 bridgehead atoms. The zero-order valence-electron chi connectivity index (χ0n) is 13.7. The molecule has 0 saturated heterocycles. The second-order valence-corrected chi connectivity index (χ2v) is 6.04. The Balaban J connectivity index is 1.71. The van der Waals surface area contributed by atoms with Gasteiger partial charge in [0.1, 0.15) is 11.6 Å². The normalized spacial score (nSPS) is 14.1. The second-order valence-electron chi connectivity index (χ2n) is 6.04. The molecule has 0 fully saturated rings. The van der Waals surface area contributed by atoms with E-state index in [0.29, 0.717) is 25.3 Å². The van der Waals surface area contributed by atoms with Gasteiger partial charge in [-0.15, -0.1) is 0 Å². The maximum Gasteiger partial charge on any atom is 0.331 e. The van der Waals surface area contributed by atoms with Crippen LogP contribution in [0.2, 0.25) is 0 Å². The van der Waals surface area contributed by atoms with Crippen LogP contribution in [-0.4, -0.2) is 27.0 Å². The first-order chi connectivity index (χ1) is 12.1. The van der Waals surface area contributed by atoms with Gasteiger partial charge in [-0.2, -0.15) is 5.26 Å². The molecule has 7 heteroatoms. The molecule has 0 saturated carbocycles. The lowest BCUT2D eigenvalue weighted by Gasteiger charge is -2.15. The molecule has 0 amide bonds. The Morgan fingerprint density at radius 3 is 2.76 bits per heavy atom. The van der Waals surface area contributed by atoms with Crippen molar-refractivity contribution in [1.82, 2.24) is 9.13 Å². The first kappa shape index (κ1) is 17.1. The van der Waals surface area contributed by atoms with Gasteiger partial charge in [0.15, 0.2) is 0 Å². The lowest BCUT2D eigenvalue weighted by atomic mass is 10.2. The first-order valence-electron chi connectivity index (χ1n) is 8.18. The van der Waals surface area contributed by atoms with E-state index < -0.39 is 17.4 Å². The zero-order valence-corrected chi connectivity index (χ0v) is 13.7. The molecule has 1 aromatic carbocycles.